The minimum Gasteiger partial charge on any atom is -0.338 e. The van der Waals surface area contributed by atoms with E-state index in [1.165, 1.54) is 11.3 Å². The number of aromatic nitrogens is 1. The number of aryl methyl sites for hydroxylation is 1. The minimum absolute atomic E-state index is 0.0264. The van der Waals surface area contributed by atoms with Crippen molar-refractivity contribution in [2.45, 2.75) is 38.8 Å². The molecule has 6 heteroatoms. The molecule has 1 aromatic rings. The monoisotopic (exact) mass is 283 g/mol. The molecule has 1 saturated heterocycles. The number of hydrogen-bond acceptors (Lipinski definition) is 4. The fourth-order valence-corrected chi connectivity index (χ4v) is 3.40. The summed E-state index contributed by atoms with van der Waals surface area (Å²) in [5, 5.41) is 4.97. The van der Waals surface area contributed by atoms with E-state index < -0.39 is 0 Å². The van der Waals surface area contributed by atoms with Crippen LogP contribution in [0, 0.1) is 6.92 Å². The van der Waals surface area contributed by atoms with Crippen molar-refractivity contribution in [3.8, 4) is 0 Å². The highest BCUT2D eigenvalue weighted by molar-refractivity contribution is 7.07. The summed E-state index contributed by atoms with van der Waals surface area (Å²) in [5.41, 5.74) is 0.941. The number of likely N-dealkylation sites (tertiary alicyclic amines) is 1. The molecule has 0 aromatic carbocycles. The van der Waals surface area contributed by atoms with Gasteiger partial charge in [-0.25, -0.2) is 0 Å². The maximum Gasteiger partial charge on any atom is 0.307 e. The first-order chi connectivity index (χ1) is 9.13. The molecule has 0 radical (unpaired) electrons. The first-order valence-electron chi connectivity index (χ1n) is 6.72. The van der Waals surface area contributed by atoms with Crippen molar-refractivity contribution >= 4 is 17.2 Å². The molecule has 2 rings (SSSR count). The predicted octanol–water partition coefficient (Wildman–Crippen LogP) is 0.819. The number of rotatable bonds is 5. The molecule has 2 heterocycles. The lowest BCUT2D eigenvalue weighted by molar-refractivity contribution is -0.132. The van der Waals surface area contributed by atoms with Crippen LogP contribution in [-0.2, 0) is 11.3 Å². The Bertz CT molecular complexity index is 494. The summed E-state index contributed by atoms with van der Waals surface area (Å²) in [5.74, 6) is 0.162. The Morgan fingerprint density at radius 2 is 2.37 bits per heavy atom. The predicted molar refractivity (Wildman–Crippen MR) is 76.6 cm³/mol. The molecule has 1 fully saturated rings. The highest BCUT2D eigenvalue weighted by Crippen LogP contribution is 2.17. The van der Waals surface area contributed by atoms with Crippen molar-refractivity contribution in [2.75, 3.05) is 20.1 Å². The Morgan fingerprint density at radius 3 is 3.00 bits per heavy atom. The molecular formula is C13H21N3O2S. The summed E-state index contributed by atoms with van der Waals surface area (Å²) in [6, 6.07) is 0.317. The van der Waals surface area contributed by atoms with E-state index in [1.807, 2.05) is 24.3 Å². The summed E-state index contributed by atoms with van der Waals surface area (Å²) in [6.45, 7) is 4.10. The van der Waals surface area contributed by atoms with Crippen molar-refractivity contribution in [1.29, 1.82) is 0 Å². The van der Waals surface area contributed by atoms with Crippen LogP contribution in [0.25, 0.3) is 0 Å². The van der Waals surface area contributed by atoms with Crippen LogP contribution in [0.2, 0.25) is 0 Å². The Balaban J connectivity index is 1.92. The second-order valence-electron chi connectivity index (χ2n) is 4.99. The van der Waals surface area contributed by atoms with Crippen molar-refractivity contribution in [3.05, 3.63) is 20.7 Å². The number of hydrogen-bond donors (Lipinski definition) is 1. The van der Waals surface area contributed by atoms with Gasteiger partial charge in [-0.05, 0) is 26.8 Å². The number of carbonyl (C=O) groups is 1. The summed E-state index contributed by atoms with van der Waals surface area (Å²) >= 11 is 1.20. The zero-order chi connectivity index (χ0) is 13.8. The van der Waals surface area contributed by atoms with Gasteiger partial charge in [0.15, 0.2) is 0 Å². The van der Waals surface area contributed by atoms with Gasteiger partial charge >= 0.3 is 4.87 Å². The van der Waals surface area contributed by atoms with Crippen LogP contribution < -0.4 is 10.2 Å². The van der Waals surface area contributed by atoms with Crippen LogP contribution in [0.4, 0.5) is 0 Å². The van der Waals surface area contributed by atoms with E-state index in [9.17, 15) is 9.59 Å². The van der Waals surface area contributed by atoms with Crippen LogP contribution in [-0.4, -0.2) is 41.6 Å². The van der Waals surface area contributed by atoms with Gasteiger partial charge in [0.05, 0.1) is 0 Å². The molecule has 1 unspecified atom stereocenters. The third-order valence-corrected chi connectivity index (χ3v) is 4.54. The van der Waals surface area contributed by atoms with Gasteiger partial charge in [-0.3, -0.25) is 9.59 Å². The number of thiazole rings is 1. The summed E-state index contributed by atoms with van der Waals surface area (Å²) in [4.78, 5) is 25.8. The zero-order valence-electron chi connectivity index (χ0n) is 11.5. The first-order valence-corrected chi connectivity index (χ1v) is 7.60. The van der Waals surface area contributed by atoms with Crippen LogP contribution in [0.1, 0.15) is 25.0 Å². The smallest absolute Gasteiger partial charge is 0.307 e. The Kier molecular flexibility index (Phi) is 4.76. The lowest BCUT2D eigenvalue weighted by Gasteiger charge is -2.24. The third-order valence-electron chi connectivity index (χ3n) is 3.66. The lowest BCUT2D eigenvalue weighted by atomic mass is 10.2. The third kappa shape index (κ3) is 3.25. The van der Waals surface area contributed by atoms with E-state index in [2.05, 4.69) is 5.32 Å². The standard InChI is InChI=1S/C13H21N3O2S/c1-10-9-19-13(18)15(10)7-5-12(17)16-6-3-4-11(16)8-14-2/h9,11,14H,3-8H2,1-2H3. The number of nitrogens with zero attached hydrogens (tertiary/aromatic N) is 2. The van der Waals surface area contributed by atoms with Crippen LogP contribution in [0.5, 0.6) is 0 Å². The van der Waals surface area contributed by atoms with Crippen molar-refractivity contribution in [2.24, 2.45) is 0 Å². The second kappa shape index (κ2) is 6.34. The summed E-state index contributed by atoms with van der Waals surface area (Å²) in [6.07, 6.45) is 2.57. The van der Waals surface area contributed by atoms with E-state index in [1.54, 1.807) is 4.57 Å². The van der Waals surface area contributed by atoms with Gasteiger partial charge in [-0.1, -0.05) is 11.3 Å². The van der Waals surface area contributed by atoms with Gasteiger partial charge in [0, 0.05) is 43.2 Å². The average molecular weight is 283 g/mol. The largest absolute Gasteiger partial charge is 0.338 e. The molecule has 5 nitrogen and oxygen atoms in total. The molecule has 1 aromatic heterocycles. The average Bonchev–Trinajstić information content (AvgIpc) is 2.96. The molecule has 19 heavy (non-hydrogen) atoms. The van der Waals surface area contributed by atoms with Crippen molar-refractivity contribution in [3.63, 3.8) is 0 Å². The summed E-state index contributed by atoms with van der Waals surface area (Å²) < 4.78 is 1.69. The molecule has 106 valence electrons. The molecular weight excluding hydrogens is 262 g/mol. The molecule has 1 atom stereocenters. The van der Waals surface area contributed by atoms with Gasteiger partial charge in [0.1, 0.15) is 0 Å². The van der Waals surface area contributed by atoms with E-state index in [4.69, 9.17) is 0 Å². The van der Waals surface area contributed by atoms with Crippen molar-refractivity contribution in [1.82, 2.24) is 14.8 Å². The minimum atomic E-state index is 0.0264. The van der Waals surface area contributed by atoms with Crippen molar-refractivity contribution < 1.29 is 4.79 Å². The normalized spacial score (nSPS) is 19.1. The summed E-state index contributed by atoms with van der Waals surface area (Å²) in [7, 11) is 1.91. The van der Waals surface area contributed by atoms with E-state index >= 15 is 0 Å². The van der Waals surface area contributed by atoms with E-state index in [-0.39, 0.29) is 10.8 Å². The molecule has 0 spiro atoms. The topological polar surface area (TPSA) is 54.3 Å². The van der Waals surface area contributed by atoms with Gasteiger partial charge in [-0.2, -0.15) is 0 Å². The second-order valence-corrected chi connectivity index (χ2v) is 5.81. The fourth-order valence-electron chi connectivity index (χ4n) is 2.64. The fraction of sp³-hybridized carbons (Fsp3) is 0.692. The maximum absolute atomic E-state index is 12.2. The number of carbonyl (C=O) groups excluding carboxylic acids is 1. The van der Waals surface area contributed by atoms with E-state index in [0.717, 1.165) is 31.6 Å². The molecule has 0 bridgehead atoms. The molecule has 1 amide bonds. The SMILES string of the molecule is CNCC1CCCN1C(=O)CCn1c(C)csc1=O. The molecule has 1 aliphatic rings. The number of likely N-dealkylation sites (N-methyl/N-ethyl adjacent to an activating group) is 1. The van der Waals surface area contributed by atoms with Crippen LogP contribution in [0.3, 0.4) is 0 Å². The highest BCUT2D eigenvalue weighted by atomic mass is 32.1. The van der Waals surface area contributed by atoms with Gasteiger partial charge in [-0.15, -0.1) is 0 Å². The lowest BCUT2D eigenvalue weighted by Crippen LogP contribution is -2.41. The van der Waals surface area contributed by atoms with E-state index in [0.29, 0.717) is 19.0 Å². The molecule has 0 aliphatic carbocycles. The first kappa shape index (κ1) is 14.3. The quantitative estimate of drug-likeness (QED) is 0.870. The highest BCUT2D eigenvalue weighted by Gasteiger charge is 2.27. The zero-order valence-corrected chi connectivity index (χ0v) is 12.3. The van der Waals surface area contributed by atoms with Gasteiger partial charge in [0.2, 0.25) is 5.91 Å². The molecule has 1 aliphatic heterocycles. The Hall–Kier alpha value is -1.14. The van der Waals surface area contributed by atoms with Gasteiger partial charge in [0.25, 0.3) is 0 Å². The number of nitrogens with one attached hydrogen (secondary N) is 1. The Morgan fingerprint density at radius 1 is 1.58 bits per heavy atom. The van der Waals surface area contributed by atoms with Gasteiger partial charge < -0.3 is 14.8 Å². The van der Waals surface area contributed by atoms with Crippen LogP contribution in [0.15, 0.2) is 10.2 Å². The number of amides is 1. The molecule has 1 N–H and O–H groups in total. The maximum atomic E-state index is 12.2. The Labute approximate surface area is 117 Å². The van der Waals surface area contributed by atoms with Crippen LogP contribution >= 0.6 is 11.3 Å². The molecule has 0 saturated carbocycles.